The van der Waals surface area contributed by atoms with E-state index in [1.807, 2.05) is 12.1 Å². The Hall–Kier alpha value is -3.26. The average molecular weight is 381 g/mol. The Labute approximate surface area is 158 Å². The van der Waals surface area contributed by atoms with Crippen molar-refractivity contribution in [3.05, 3.63) is 58.5 Å². The molecule has 0 radical (unpaired) electrons. The third-order valence-electron chi connectivity index (χ3n) is 4.00. The number of aliphatic imine (C=N–C) groups is 1. The molecule has 136 valence electrons. The second-order valence-electron chi connectivity index (χ2n) is 5.82. The van der Waals surface area contributed by atoms with Gasteiger partial charge >= 0.3 is 0 Å². The maximum absolute atomic E-state index is 12.5. The van der Waals surface area contributed by atoms with Gasteiger partial charge in [-0.2, -0.15) is 0 Å². The zero-order valence-electron chi connectivity index (χ0n) is 14.2. The molecule has 0 aromatic heterocycles. The number of nitrogens with zero attached hydrogens (tertiary/aromatic N) is 2. The Morgan fingerprint density at radius 3 is 2.85 bits per heavy atom. The Kier molecular flexibility index (Phi) is 4.33. The molecule has 0 saturated carbocycles. The summed E-state index contributed by atoms with van der Waals surface area (Å²) >= 11 is 1.22. The van der Waals surface area contributed by atoms with Crippen LogP contribution in [0.4, 0.5) is 5.69 Å². The monoisotopic (exact) mass is 381 g/mol. The summed E-state index contributed by atoms with van der Waals surface area (Å²) in [5.41, 5.74) is 1.27. The average Bonchev–Trinajstić information content (AvgIpc) is 3.22. The molecule has 0 bridgehead atoms. The number of aromatic carboxylic acids is 1. The number of benzene rings is 2. The van der Waals surface area contributed by atoms with Gasteiger partial charge in [-0.25, -0.2) is 4.99 Å². The highest BCUT2D eigenvalue weighted by Crippen LogP contribution is 2.36. The number of fused-ring (bicyclic) bond motifs is 1. The number of carbonyl (C=O) groups excluding carboxylic acids is 2. The van der Waals surface area contributed by atoms with E-state index in [-0.39, 0.29) is 18.3 Å². The van der Waals surface area contributed by atoms with E-state index >= 15 is 0 Å². The van der Waals surface area contributed by atoms with Crippen LogP contribution in [0.15, 0.2) is 52.4 Å². The number of ether oxygens (including phenoxy) is 2. The predicted octanol–water partition coefficient (Wildman–Crippen LogP) is 2.01. The standard InChI is InChI=1S/C19H14N2O5S/c1-21-17(22)16(8-11-5-6-14-15(7-11)26-10-25-14)27-19(21)20-13-4-2-3-12(9-13)18(23)24/h2-9H,10H2,1H3,(H,23,24)/p-1/b16-8-,20-19?. The van der Waals surface area contributed by atoms with Gasteiger partial charge in [0, 0.05) is 7.05 Å². The highest BCUT2D eigenvalue weighted by atomic mass is 32.2. The van der Waals surface area contributed by atoms with Crippen molar-refractivity contribution in [2.24, 2.45) is 4.99 Å². The maximum atomic E-state index is 12.5. The lowest BCUT2D eigenvalue weighted by Gasteiger charge is -2.08. The van der Waals surface area contributed by atoms with Crippen molar-refractivity contribution in [1.82, 2.24) is 4.90 Å². The van der Waals surface area contributed by atoms with Gasteiger partial charge in [0.1, 0.15) is 0 Å². The van der Waals surface area contributed by atoms with E-state index in [4.69, 9.17) is 9.47 Å². The minimum atomic E-state index is -1.27. The van der Waals surface area contributed by atoms with Crippen molar-refractivity contribution >= 4 is 40.6 Å². The summed E-state index contributed by atoms with van der Waals surface area (Å²) in [5.74, 6) is -0.146. The number of rotatable bonds is 3. The summed E-state index contributed by atoms with van der Waals surface area (Å²) in [6.45, 7) is 0.188. The van der Waals surface area contributed by atoms with Gasteiger partial charge in [0.2, 0.25) is 6.79 Å². The molecule has 0 unspecified atom stereocenters. The summed E-state index contributed by atoms with van der Waals surface area (Å²) in [4.78, 5) is 29.8. The van der Waals surface area contributed by atoms with Crippen molar-refractivity contribution in [3.63, 3.8) is 0 Å². The molecule has 2 aromatic rings. The molecule has 0 spiro atoms. The van der Waals surface area contributed by atoms with Crippen LogP contribution in [0.2, 0.25) is 0 Å². The molecule has 1 fully saturated rings. The molecule has 4 rings (SSSR count). The number of carboxylic acids is 1. The summed E-state index contributed by atoms with van der Waals surface area (Å²) in [6.07, 6.45) is 1.76. The first-order chi connectivity index (χ1) is 13.0. The molecule has 2 aliphatic rings. The number of thioether (sulfide) groups is 1. The fourth-order valence-corrected chi connectivity index (χ4v) is 3.61. The molecular formula is C19H13N2O5S-. The van der Waals surface area contributed by atoms with E-state index < -0.39 is 5.97 Å². The van der Waals surface area contributed by atoms with E-state index in [1.165, 1.54) is 28.8 Å². The van der Waals surface area contributed by atoms with Gasteiger partial charge in [0.15, 0.2) is 16.7 Å². The molecule has 8 heteroatoms. The minimum absolute atomic E-state index is 0.0324. The third-order valence-corrected chi connectivity index (χ3v) is 5.06. The van der Waals surface area contributed by atoms with Crippen LogP contribution >= 0.6 is 11.8 Å². The van der Waals surface area contributed by atoms with Crippen LogP contribution in [0.25, 0.3) is 6.08 Å². The van der Waals surface area contributed by atoms with Crippen LogP contribution in [-0.2, 0) is 4.79 Å². The lowest BCUT2D eigenvalue weighted by atomic mass is 10.2. The minimum Gasteiger partial charge on any atom is -0.545 e. The van der Waals surface area contributed by atoms with Gasteiger partial charge in [-0.15, -0.1) is 0 Å². The Bertz CT molecular complexity index is 1010. The van der Waals surface area contributed by atoms with E-state index in [0.29, 0.717) is 27.3 Å². The quantitative estimate of drug-likeness (QED) is 0.756. The highest BCUT2D eigenvalue weighted by molar-refractivity contribution is 8.18. The zero-order valence-corrected chi connectivity index (χ0v) is 15.0. The molecule has 0 atom stereocenters. The molecule has 1 saturated heterocycles. The smallest absolute Gasteiger partial charge is 0.266 e. The molecule has 0 aliphatic carbocycles. The van der Waals surface area contributed by atoms with Crippen molar-refractivity contribution in [3.8, 4) is 11.5 Å². The number of carbonyl (C=O) groups is 2. The van der Waals surface area contributed by atoms with Crippen molar-refractivity contribution in [1.29, 1.82) is 0 Å². The zero-order chi connectivity index (χ0) is 19.0. The summed E-state index contributed by atoms with van der Waals surface area (Å²) in [5, 5.41) is 11.4. The summed E-state index contributed by atoms with van der Waals surface area (Å²) in [6, 6.07) is 11.5. The van der Waals surface area contributed by atoms with Crippen LogP contribution in [0.5, 0.6) is 11.5 Å². The summed E-state index contributed by atoms with van der Waals surface area (Å²) in [7, 11) is 1.62. The lowest BCUT2D eigenvalue weighted by molar-refractivity contribution is -0.255. The number of amides is 1. The molecule has 27 heavy (non-hydrogen) atoms. The number of likely N-dealkylation sites (N-methyl/N-ethyl adjacent to an activating group) is 1. The van der Waals surface area contributed by atoms with Gasteiger partial charge in [-0.05, 0) is 53.2 Å². The fraction of sp³-hybridized carbons (Fsp3) is 0.105. The Morgan fingerprint density at radius 1 is 1.22 bits per heavy atom. The maximum Gasteiger partial charge on any atom is 0.266 e. The van der Waals surface area contributed by atoms with Crippen LogP contribution in [0.3, 0.4) is 0 Å². The lowest BCUT2D eigenvalue weighted by Crippen LogP contribution is -2.23. The molecule has 7 nitrogen and oxygen atoms in total. The van der Waals surface area contributed by atoms with Gasteiger partial charge < -0.3 is 19.4 Å². The first-order valence-corrected chi connectivity index (χ1v) is 8.80. The topological polar surface area (TPSA) is 91.3 Å². The third kappa shape index (κ3) is 3.39. The Balaban J connectivity index is 1.62. The SMILES string of the molecule is CN1C(=O)/C(=C/c2ccc3c(c2)OCO3)SC1=Nc1cccc(C(=O)[O-])c1. The molecule has 2 heterocycles. The normalized spacial score (nSPS) is 18.6. The number of carboxylic acid groups (broad SMARTS) is 1. The van der Waals surface area contributed by atoms with Crippen molar-refractivity contribution < 1.29 is 24.2 Å². The second-order valence-corrected chi connectivity index (χ2v) is 6.83. The van der Waals surface area contributed by atoms with Crippen molar-refractivity contribution in [2.75, 3.05) is 13.8 Å². The predicted molar refractivity (Wildman–Crippen MR) is 98.8 cm³/mol. The fourth-order valence-electron chi connectivity index (χ4n) is 2.62. The van der Waals surface area contributed by atoms with E-state index in [1.54, 1.807) is 31.3 Å². The van der Waals surface area contributed by atoms with Crippen LogP contribution in [0, 0.1) is 0 Å². The molecule has 2 aromatic carbocycles. The van der Waals surface area contributed by atoms with Crippen LogP contribution in [-0.4, -0.2) is 35.8 Å². The van der Waals surface area contributed by atoms with E-state index in [0.717, 1.165) is 5.56 Å². The van der Waals surface area contributed by atoms with Gasteiger partial charge in [0.25, 0.3) is 5.91 Å². The van der Waals surface area contributed by atoms with Gasteiger partial charge in [-0.3, -0.25) is 9.69 Å². The van der Waals surface area contributed by atoms with Gasteiger partial charge in [-0.1, -0.05) is 18.2 Å². The first-order valence-electron chi connectivity index (χ1n) is 7.98. The highest BCUT2D eigenvalue weighted by Gasteiger charge is 2.30. The first kappa shape index (κ1) is 17.2. The van der Waals surface area contributed by atoms with Crippen LogP contribution < -0.4 is 14.6 Å². The molecule has 0 N–H and O–H groups in total. The second kappa shape index (κ2) is 6.81. The molecule has 1 amide bonds. The number of hydrogen-bond donors (Lipinski definition) is 0. The van der Waals surface area contributed by atoms with E-state index in [9.17, 15) is 14.7 Å². The van der Waals surface area contributed by atoms with Gasteiger partial charge in [0.05, 0.1) is 16.6 Å². The molecule has 2 aliphatic heterocycles. The largest absolute Gasteiger partial charge is 0.545 e. The number of hydrogen-bond acceptors (Lipinski definition) is 7. The Morgan fingerprint density at radius 2 is 2.04 bits per heavy atom. The molecular weight excluding hydrogens is 368 g/mol. The van der Waals surface area contributed by atoms with E-state index in [2.05, 4.69) is 4.99 Å². The summed E-state index contributed by atoms with van der Waals surface area (Å²) < 4.78 is 10.6. The van der Waals surface area contributed by atoms with Crippen molar-refractivity contribution in [2.45, 2.75) is 0 Å². The number of amidine groups is 1. The van der Waals surface area contributed by atoms with Crippen LogP contribution in [0.1, 0.15) is 15.9 Å².